The fourth-order valence-electron chi connectivity index (χ4n) is 2.35. The molecule has 0 unspecified atom stereocenters. The number of imidazole rings is 1. The molecule has 0 atom stereocenters. The van der Waals surface area contributed by atoms with E-state index in [2.05, 4.69) is 24.8 Å². The molecular formula is C15H24ClIN6. The average Bonchev–Trinajstić information content (AvgIpc) is 3.01. The van der Waals surface area contributed by atoms with Gasteiger partial charge in [-0.1, -0.05) is 11.6 Å². The van der Waals surface area contributed by atoms with Gasteiger partial charge in [-0.2, -0.15) is 0 Å². The van der Waals surface area contributed by atoms with Gasteiger partial charge >= 0.3 is 0 Å². The molecule has 0 spiro atoms. The zero-order chi connectivity index (χ0) is 16.1. The summed E-state index contributed by atoms with van der Waals surface area (Å²) in [7, 11) is 5.80. The summed E-state index contributed by atoms with van der Waals surface area (Å²) in [6, 6.07) is 1.97. The first-order chi connectivity index (χ1) is 10.5. The Kier molecular flexibility index (Phi) is 7.90. The first-order valence-electron chi connectivity index (χ1n) is 7.21. The third-order valence-electron chi connectivity index (χ3n) is 3.61. The standard InChI is InChI=1S/C15H23ClN6.HI/c1-12-18-5-7-22(12)8-6-19-15(17-2)21(4)11-14-9-13(16)10-20(14)3;/h5,7,9-10H,6,8,11H2,1-4H3,(H,17,19);1H. The largest absolute Gasteiger partial charge is 0.354 e. The maximum absolute atomic E-state index is 6.02. The molecule has 0 aliphatic rings. The number of guanidine groups is 1. The van der Waals surface area contributed by atoms with E-state index in [0.29, 0.717) is 0 Å². The second kappa shape index (κ2) is 9.17. The van der Waals surface area contributed by atoms with Gasteiger partial charge in [-0.05, 0) is 13.0 Å². The van der Waals surface area contributed by atoms with Crippen LogP contribution in [0.4, 0.5) is 0 Å². The van der Waals surface area contributed by atoms with Gasteiger partial charge in [-0.15, -0.1) is 24.0 Å². The van der Waals surface area contributed by atoms with Crippen molar-refractivity contribution in [3.8, 4) is 0 Å². The molecule has 8 heteroatoms. The quantitative estimate of drug-likeness (QED) is 0.433. The molecule has 0 radical (unpaired) electrons. The topological polar surface area (TPSA) is 50.4 Å². The van der Waals surface area contributed by atoms with Gasteiger partial charge in [0, 0.05) is 58.5 Å². The third-order valence-corrected chi connectivity index (χ3v) is 3.81. The van der Waals surface area contributed by atoms with Crippen molar-refractivity contribution in [2.45, 2.75) is 20.0 Å². The van der Waals surface area contributed by atoms with Crippen LogP contribution in [0.15, 0.2) is 29.6 Å². The lowest BCUT2D eigenvalue weighted by atomic mass is 10.4. The lowest BCUT2D eigenvalue weighted by Gasteiger charge is -2.22. The minimum atomic E-state index is 0. The van der Waals surface area contributed by atoms with Crippen molar-refractivity contribution in [2.24, 2.45) is 12.0 Å². The van der Waals surface area contributed by atoms with Crippen LogP contribution in [-0.2, 0) is 20.1 Å². The van der Waals surface area contributed by atoms with Crippen LogP contribution in [0.2, 0.25) is 5.02 Å². The van der Waals surface area contributed by atoms with E-state index in [1.807, 2.05) is 50.2 Å². The molecule has 2 heterocycles. The predicted octanol–water partition coefficient (Wildman–Crippen LogP) is 2.51. The highest BCUT2D eigenvalue weighted by Gasteiger charge is 2.09. The number of hydrogen-bond acceptors (Lipinski definition) is 2. The Bertz CT molecular complexity index is 648. The molecule has 2 aromatic heterocycles. The molecule has 0 saturated heterocycles. The zero-order valence-electron chi connectivity index (χ0n) is 14.0. The van der Waals surface area contributed by atoms with E-state index < -0.39 is 0 Å². The number of aryl methyl sites for hydroxylation is 2. The molecule has 1 N–H and O–H groups in total. The molecule has 6 nitrogen and oxygen atoms in total. The summed E-state index contributed by atoms with van der Waals surface area (Å²) >= 11 is 6.02. The molecule has 0 aromatic carbocycles. The maximum atomic E-state index is 6.02. The molecule has 0 amide bonds. The van der Waals surface area contributed by atoms with Crippen molar-refractivity contribution < 1.29 is 0 Å². The monoisotopic (exact) mass is 450 g/mol. The molecule has 0 aliphatic carbocycles. The number of aromatic nitrogens is 3. The van der Waals surface area contributed by atoms with Crippen LogP contribution in [0.3, 0.4) is 0 Å². The molecule has 0 aliphatic heterocycles. The van der Waals surface area contributed by atoms with E-state index in [4.69, 9.17) is 11.6 Å². The second-order valence-electron chi connectivity index (χ2n) is 5.26. The van der Waals surface area contributed by atoms with Crippen molar-refractivity contribution in [1.29, 1.82) is 0 Å². The molecule has 2 rings (SSSR count). The van der Waals surface area contributed by atoms with E-state index in [-0.39, 0.29) is 24.0 Å². The highest BCUT2D eigenvalue weighted by molar-refractivity contribution is 14.0. The van der Waals surface area contributed by atoms with E-state index in [0.717, 1.165) is 42.1 Å². The minimum Gasteiger partial charge on any atom is -0.354 e. The number of hydrogen-bond donors (Lipinski definition) is 1. The smallest absolute Gasteiger partial charge is 0.193 e. The molecule has 0 saturated carbocycles. The number of nitrogens with one attached hydrogen (secondary N) is 1. The van der Waals surface area contributed by atoms with Crippen LogP contribution in [0.25, 0.3) is 0 Å². The predicted molar refractivity (Wildman–Crippen MR) is 106 cm³/mol. The Hall–Kier alpha value is -1.22. The fourth-order valence-corrected chi connectivity index (χ4v) is 2.63. The van der Waals surface area contributed by atoms with E-state index in [9.17, 15) is 0 Å². The SMILES string of the molecule is CN=C(NCCn1ccnc1C)N(C)Cc1cc(Cl)cn1C.I. The Morgan fingerprint density at radius 3 is 2.74 bits per heavy atom. The lowest BCUT2D eigenvalue weighted by Crippen LogP contribution is -2.40. The van der Waals surface area contributed by atoms with Crippen molar-refractivity contribution >= 4 is 41.5 Å². The lowest BCUT2D eigenvalue weighted by molar-refractivity contribution is 0.459. The van der Waals surface area contributed by atoms with Crippen molar-refractivity contribution in [3.05, 3.63) is 41.2 Å². The first kappa shape index (κ1) is 19.8. The van der Waals surface area contributed by atoms with Crippen LogP contribution in [-0.4, -0.2) is 45.6 Å². The zero-order valence-corrected chi connectivity index (χ0v) is 17.0. The summed E-state index contributed by atoms with van der Waals surface area (Å²) in [5.74, 6) is 1.87. The maximum Gasteiger partial charge on any atom is 0.193 e. The Morgan fingerprint density at radius 1 is 1.48 bits per heavy atom. The van der Waals surface area contributed by atoms with Gasteiger partial charge in [-0.3, -0.25) is 4.99 Å². The molecular weight excluding hydrogens is 427 g/mol. The van der Waals surface area contributed by atoms with Gasteiger partial charge in [0.2, 0.25) is 0 Å². The number of halogens is 2. The number of rotatable bonds is 5. The molecule has 23 heavy (non-hydrogen) atoms. The minimum absolute atomic E-state index is 0. The molecule has 0 bridgehead atoms. The normalized spacial score (nSPS) is 11.3. The Morgan fingerprint density at radius 2 is 2.22 bits per heavy atom. The van der Waals surface area contributed by atoms with Crippen LogP contribution >= 0.6 is 35.6 Å². The Balaban J connectivity index is 0.00000264. The van der Waals surface area contributed by atoms with Gasteiger partial charge in [0.05, 0.1) is 11.6 Å². The summed E-state index contributed by atoms with van der Waals surface area (Å²) in [4.78, 5) is 10.6. The van der Waals surface area contributed by atoms with Crippen molar-refractivity contribution in [1.82, 2.24) is 24.3 Å². The summed E-state index contributed by atoms with van der Waals surface area (Å²) in [6.07, 6.45) is 5.70. The van der Waals surface area contributed by atoms with Crippen LogP contribution in [0, 0.1) is 6.92 Å². The second-order valence-corrected chi connectivity index (χ2v) is 5.69. The van der Waals surface area contributed by atoms with Gasteiger partial charge in [0.1, 0.15) is 5.82 Å². The van der Waals surface area contributed by atoms with Gasteiger partial charge in [0.15, 0.2) is 5.96 Å². The summed E-state index contributed by atoms with van der Waals surface area (Å²) < 4.78 is 4.14. The summed E-state index contributed by atoms with van der Waals surface area (Å²) in [6.45, 7) is 4.39. The van der Waals surface area contributed by atoms with Gasteiger partial charge in [-0.25, -0.2) is 4.98 Å². The van der Waals surface area contributed by atoms with Gasteiger partial charge in [0.25, 0.3) is 0 Å². The van der Waals surface area contributed by atoms with E-state index in [1.54, 1.807) is 7.05 Å². The number of nitrogens with zero attached hydrogens (tertiary/aromatic N) is 5. The molecule has 2 aromatic rings. The van der Waals surface area contributed by atoms with E-state index >= 15 is 0 Å². The highest BCUT2D eigenvalue weighted by Crippen LogP contribution is 2.14. The van der Waals surface area contributed by atoms with E-state index in [1.165, 1.54) is 0 Å². The molecule has 128 valence electrons. The molecule has 0 fully saturated rings. The van der Waals surface area contributed by atoms with Crippen LogP contribution < -0.4 is 5.32 Å². The summed E-state index contributed by atoms with van der Waals surface area (Å²) in [5.41, 5.74) is 1.14. The first-order valence-corrected chi connectivity index (χ1v) is 7.59. The van der Waals surface area contributed by atoms with Crippen molar-refractivity contribution in [2.75, 3.05) is 20.6 Å². The van der Waals surface area contributed by atoms with Crippen LogP contribution in [0.1, 0.15) is 11.5 Å². The third kappa shape index (κ3) is 5.42. The van der Waals surface area contributed by atoms with Crippen LogP contribution in [0.5, 0.6) is 0 Å². The average molecular weight is 451 g/mol. The van der Waals surface area contributed by atoms with Crippen molar-refractivity contribution in [3.63, 3.8) is 0 Å². The highest BCUT2D eigenvalue weighted by atomic mass is 127. The number of aliphatic imine (C=N–C) groups is 1. The summed E-state index contributed by atoms with van der Waals surface area (Å²) in [5, 5.41) is 4.12. The Labute approximate surface area is 159 Å². The fraction of sp³-hybridized carbons (Fsp3) is 0.467. The van der Waals surface area contributed by atoms with Gasteiger partial charge < -0.3 is 19.4 Å².